The maximum Gasteiger partial charge on any atom is 0.296 e. The quantitative estimate of drug-likeness (QED) is 0.459. The van der Waals surface area contributed by atoms with Crippen LogP contribution in [0.3, 0.4) is 0 Å². The number of nitro groups is 1. The maximum absolute atomic E-state index is 12.4. The second-order valence-corrected chi connectivity index (χ2v) is 6.84. The molecule has 1 fully saturated rings. The zero-order valence-electron chi connectivity index (χ0n) is 16.0. The third-order valence-electron chi connectivity index (χ3n) is 4.86. The van der Waals surface area contributed by atoms with Crippen LogP contribution in [0, 0.1) is 10.1 Å². The zero-order valence-corrected chi connectivity index (χ0v) is 16.0. The average Bonchev–Trinajstić information content (AvgIpc) is 3.24. The van der Waals surface area contributed by atoms with Crippen LogP contribution in [0.25, 0.3) is 0 Å². The Labute approximate surface area is 167 Å². The lowest BCUT2D eigenvalue weighted by Gasteiger charge is -2.29. The van der Waals surface area contributed by atoms with Crippen molar-refractivity contribution in [1.29, 1.82) is 0 Å². The fraction of sp³-hybridized carbons (Fsp3) is 0.368. The van der Waals surface area contributed by atoms with Gasteiger partial charge >= 0.3 is 0 Å². The third kappa shape index (κ3) is 5.32. The Morgan fingerprint density at radius 1 is 1.31 bits per heavy atom. The summed E-state index contributed by atoms with van der Waals surface area (Å²) in [5, 5.41) is 16.8. The van der Waals surface area contributed by atoms with Crippen LogP contribution < -0.4 is 20.3 Å². The van der Waals surface area contributed by atoms with E-state index in [0.717, 1.165) is 17.7 Å². The summed E-state index contributed by atoms with van der Waals surface area (Å²) in [6, 6.07) is 7.59. The number of anilines is 1. The molecule has 0 bridgehead atoms. The molecular formula is C19H23N4O6+. The number of methoxy groups -OCH3 is 1. The molecule has 0 unspecified atom stereocenters. The topological polar surface area (TPSA) is 128 Å². The molecule has 10 heteroatoms. The van der Waals surface area contributed by atoms with Crippen molar-refractivity contribution in [3.63, 3.8) is 0 Å². The van der Waals surface area contributed by atoms with Gasteiger partial charge in [-0.15, -0.1) is 0 Å². The number of furan rings is 1. The van der Waals surface area contributed by atoms with Gasteiger partial charge in [0.15, 0.2) is 12.3 Å². The first kappa shape index (κ1) is 20.3. The number of rotatable bonds is 7. The standard InChI is InChI=1S/C19H22N4O6/c1-28-14-4-5-15(16(11-14)23(26)27)21-18(24)12-22-8-6-13(7-9-22)20-19(25)17-3-2-10-29-17/h2-5,10-11,13H,6-9,12H2,1H3,(H,20,25)(H,21,24)/p+1. The Balaban J connectivity index is 1.49. The van der Waals surface area contributed by atoms with Gasteiger partial charge in [-0.1, -0.05) is 0 Å². The summed E-state index contributed by atoms with van der Waals surface area (Å²) in [6.45, 7) is 1.62. The van der Waals surface area contributed by atoms with E-state index in [2.05, 4.69) is 10.6 Å². The summed E-state index contributed by atoms with van der Waals surface area (Å²) in [7, 11) is 1.42. The Morgan fingerprint density at radius 3 is 2.69 bits per heavy atom. The third-order valence-corrected chi connectivity index (χ3v) is 4.86. The van der Waals surface area contributed by atoms with Crippen molar-refractivity contribution in [3.8, 4) is 5.75 Å². The molecule has 1 aliphatic heterocycles. The molecule has 10 nitrogen and oxygen atoms in total. The largest absolute Gasteiger partial charge is 0.496 e. The molecule has 2 aromatic rings. The minimum Gasteiger partial charge on any atom is -0.496 e. The number of hydrogen-bond donors (Lipinski definition) is 3. The number of nitrogens with one attached hydrogen (secondary N) is 3. The average molecular weight is 403 g/mol. The SMILES string of the molecule is COc1ccc(NC(=O)C[NH+]2CCC(NC(=O)c3ccco3)CC2)c([N+](=O)[O-])c1. The molecule has 0 saturated carbocycles. The number of piperidine rings is 1. The maximum atomic E-state index is 12.4. The smallest absolute Gasteiger partial charge is 0.296 e. The predicted molar refractivity (Wildman–Crippen MR) is 103 cm³/mol. The van der Waals surface area contributed by atoms with E-state index in [0.29, 0.717) is 18.8 Å². The van der Waals surface area contributed by atoms with Crippen LogP contribution in [0.15, 0.2) is 41.0 Å². The highest BCUT2D eigenvalue weighted by Gasteiger charge is 2.26. The molecule has 2 heterocycles. The molecule has 29 heavy (non-hydrogen) atoms. The number of benzene rings is 1. The van der Waals surface area contributed by atoms with E-state index in [4.69, 9.17) is 9.15 Å². The molecule has 154 valence electrons. The van der Waals surface area contributed by atoms with Gasteiger partial charge in [0, 0.05) is 18.9 Å². The second-order valence-electron chi connectivity index (χ2n) is 6.84. The van der Waals surface area contributed by atoms with Gasteiger partial charge in [0.25, 0.3) is 17.5 Å². The molecule has 1 aromatic carbocycles. The van der Waals surface area contributed by atoms with Gasteiger partial charge in [-0.05, 0) is 24.3 Å². The minimum atomic E-state index is -0.557. The van der Waals surface area contributed by atoms with E-state index in [1.54, 1.807) is 18.2 Å². The number of ether oxygens (including phenoxy) is 1. The van der Waals surface area contributed by atoms with Crippen molar-refractivity contribution >= 4 is 23.2 Å². The van der Waals surface area contributed by atoms with Gasteiger partial charge in [0.05, 0.1) is 37.5 Å². The minimum absolute atomic E-state index is 0.0297. The number of carbonyl (C=O) groups excluding carboxylic acids is 2. The molecular weight excluding hydrogens is 380 g/mol. The first-order chi connectivity index (χ1) is 14.0. The molecule has 3 N–H and O–H groups in total. The Morgan fingerprint density at radius 2 is 2.07 bits per heavy atom. The second kappa shape index (κ2) is 9.20. The van der Waals surface area contributed by atoms with Crippen LogP contribution in [-0.4, -0.2) is 49.5 Å². The predicted octanol–water partition coefficient (Wildman–Crippen LogP) is 0.612. The van der Waals surface area contributed by atoms with Gasteiger partial charge in [-0.2, -0.15) is 0 Å². The Hall–Kier alpha value is -3.40. The van der Waals surface area contributed by atoms with Crippen LogP contribution >= 0.6 is 0 Å². The van der Waals surface area contributed by atoms with Crippen molar-refractivity contribution in [2.75, 3.05) is 32.1 Å². The molecule has 1 saturated heterocycles. The molecule has 0 spiro atoms. The normalized spacial score (nSPS) is 18.7. The molecule has 2 amide bonds. The van der Waals surface area contributed by atoms with Crippen LogP contribution in [0.4, 0.5) is 11.4 Å². The Bertz CT molecular complexity index is 875. The molecule has 0 radical (unpaired) electrons. The summed E-state index contributed by atoms with van der Waals surface area (Å²) in [4.78, 5) is 36.1. The highest BCUT2D eigenvalue weighted by molar-refractivity contribution is 5.94. The fourth-order valence-electron chi connectivity index (χ4n) is 3.33. The lowest BCUT2D eigenvalue weighted by Crippen LogP contribution is -3.14. The highest BCUT2D eigenvalue weighted by Crippen LogP contribution is 2.28. The molecule has 1 aliphatic rings. The van der Waals surface area contributed by atoms with Gasteiger partial charge < -0.3 is 24.7 Å². The van der Waals surface area contributed by atoms with E-state index in [-0.39, 0.29) is 41.5 Å². The molecule has 0 aliphatic carbocycles. The number of quaternary nitrogens is 1. The monoisotopic (exact) mass is 403 g/mol. The van der Waals surface area contributed by atoms with Gasteiger partial charge in [0.2, 0.25) is 0 Å². The van der Waals surface area contributed by atoms with Crippen molar-refractivity contribution in [1.82, 2.24) is 5.32 Å². The summed E-state index contributed by atoms with van der Waals surface area (Å²) < 4.78 is 10.1. The number of likely N-dealkylation sites (tertiary alicyclic amines) is 1. The number of hydrogen-bond acceptors (Lipinski definition) is 6. The van der Waals surface area contributed by atoms with E-state index in [1.807, 2.05) is 0 Å². The summed E-state index contributed by atoms with van der Waals surface area (Å²) in [5.74, 6) is 0.0820. The van der Waals surface area contributed by atoms with Crippen molar-refractivity contribution in [2.24, 2.45) is 0 Å². The number of nitrogens with zero attached hydrogens (tertiary/aromatic N) is 1. The molecule has 1 aromatic heterocycles. The summed E-state index contributed by atoms with van der Waals surface area (Å²) >= 11 is 0. The van der Waals surface area contributed by atoms with Gasteiger partial charge in [-0.25, -0.2) is 0 Å². The van der Waals surface area contributed by atoms with Crippen LogP contribution in [0.1, 0.15) is 23.4 Å². The van der Waals surface area contributed by atoms with E-state index >= 15 is 0 Å². The Kier molecular flexibility index (Phi) is 6.45. The number of amides is 2. The number of nitro benzene ring substituents is 1. The summed E-state index contributed by atoms with van der Waals surface area (Å²) in [5.41, 5.74) is -0.0761. The van der Waals surface area contributed by atoms with E-state index in [1.165, 1.54) is 25.5 Å². The van der Waals surface area contributed by atoms with Gasteiger partial charge in [-0.3, -0.25) is 19.7 Å². The van der Waals surface area contributed by atoms with Crippen LogP contribution in [-0.2, 0) is 4.79 Å². The molecule has 3 rings (SSSR count). The fourth-order valence-corrected chi connectivity index (χ4v) is 3.33. The van der Waals surface area contributed by atoms with E-state index in [9.17, 15) is 19.7 Å². The lowest BCUT2D eigenvalue weighted by molar-refractivity contribution is -0.897. The van der Waals surface area contributed by atoms with Crippen molar-refractivity contribution in [2.45, 2.75) is 18.9 Å². The van der Waals surface area contributed by atoms with Crippen LogP contribution in [0.2, 0.25) is 0 Å². The van der Waals surface area contributed by atoms with Crippen molar-refractivity contribution < 1.29 is 28.6 Å². The van der Waals surface area contributed by atoms with Crippen LogP contribution in [0.5, 0.6) is 5.75 Å². The number of carbonyl (C=O) groups is 2. The van der Waals surface area contributed by atoms with E-state index < -0.39 is 4.92 Å². The van der Waals surface area contributed by atoms with Gasteiger partial charge in [0.1, 0.15) is 11.4 Å². The summed E-state index contributed by atoms with van der Waals surface area (Å²) in [6.07, 6.45) is 2.92. The van der Waals surface area contributed by atoms with Crippen molar-refractivity contribution in [3.05, 3.63) is 52.5 Å². The molecule has 0 atom stereocenters. The first-order valence-electron chi connectivity index (χ1n) is 9.26. The zero-order chi connectivity index (χ0) is 20.8. The lowest BCUT2D eigenvalue weighted by atomic mass is 10.0. The highest BCUT2D eigenvalue weighted by atomic mass is 16.6. The first-order valence-corrected chi connectivity index (χ1v) is 9.26.